The lowest BCUT2D eigenvalue weighted by Crippen LogP contribution is -2.24. The van der Waals surface area contributed by atoms with Gasteiger partial charge in [0.05, 0.1) is 20.6 Å². The zero-order valence-corrected chi connectivity index (χ0v) is 16.6. The van der Waals surface area contributed by atoms with Gasteiger partial charge in [-0.2, -0.15) is 0 Å². The van der Waals surface area contributed by atoms with Crippen molar-refractivity contribution in [2.45, 2.75) is 13.0 Å². The number of hydrogen-bond acceptors (Lipinski definition) is 6. The van der Waals surface area contributed by atoms with E-state index in [0.717, 1.165) is 11.0 Å². The van der Waals surface area contributed by atoms with Crippen LogP contribution in [0.1, 0.15) is 17.5 Å². The molecule has 0 fully saturated rings. The first-order valence-corrected chi connectivity index (χ1v) is 10.1. The van der Waals surface area contributed by atoms with E-state index in [1.807, 2.05) is 18.2 Å². The summed E-state index contributed by atoms with van der Waals surface area (Å²) in [6, 6.07) is 14.2. The first-order valence-electron chi connectivity index (χ1n) is 8.53. The molecule has 0 heterocycles. The Labute approximate surface area is 165 Å². The van der Waals surface area contributed by atoms with Gasteiger partial charge in [0.1, 0.15) is 18.1 Å². The fraction of sp³-hybridized carbons (Fsp3) is 0.250. The molecule has 0 bridgehead atoms. The molecule has 7 nitrogen and oxygen atoms in total. The van der Waals surface area contributed by atoms with Gasteiger partial charge in [0, 0.05) is 17.5 Å². The minimum absolute atomic E-state index is 0.000132. The Morgan fingerprint density at radius 2 is 1.82 bits per heavy atom. The Morgan fingerprint density at radius 3 is 2.50 bits per heavy atom. The summed E-state index contributed by atoms with van der Waals surface area (Å²) in [7, 11) is -0.581. The lowest BCUT2D eigenvalue weighted by Gasteiger charge is -2.11. The average Bonchev–Trinajstić information content (AvgIpc) is 2.71. The molecule has 2 aromatic carbocycles. The van der Waals surface area contributed by atoms with E-state index in [2.05, 4.69) is 4.72 Å². The second-order valence-corrected chi connectivity index (χ2v) is 7.39. The van der Waals surface area contributed by atoms with Crippen LogP contribution in [0.2, 0.25) is 0 Å². The van der Waals surface area contributed by atoms with E-state index >= 15 is 0 Å². The first-order chi connectivity index (χ1) is 13.4. The van der Waals surface area contributed by atoms with Gasteiger partial charge in [0.2, 0.25) is 10.0 Å². The lowest BCUT2D eigenvalue weighted by atomic mass is 10.2. The molecular weight excluding hydrogens is 382 g/mol. The highest BCUT2D eigenvalue weighted by atomic mass is 32.2. The normalized spacial score (nSPS) is 11.4. The third-order valence-electron chi connectivity index (χ3n) is 3.75. The molecule has 2 rings (SSSR count). The van der Waals surface area contributed by atoms with E-state index in [4.69, 9.17) is 14.2 Å². The Morgan fingerprint density at radius 1 is 1.07 bits per heavy atom. The van der Waals surface area contributed by atoms with Crippen LogP contribution < -0.4 is 14.2 Å². The molecule has 0 spiro atoms. The van der Waals surface area contributed by atoms with E-state index in [1.165, 1.54) is 20.3 Å². The van der Waals surface area contributed by atoms with E-state index in [9.17, 15) is 13.2 Å². The minimum Gasteiger partial charge on any atom is -0.497 e. The number of hydrogen-bond donors (Lipinski definition) is 1. The Bertz CT molecular complexity index is 910. The van der Waals surface area contributed by atoms with Gasteiger partial charge in [0.15, 0.2) is 0 Å². The van der Waals surface area contributed by atoms with E-state index in [0.29, 0.717) is 17.1 Å². The molecule has 0 saturated heterocycles. The molecule has 0 saturated carbocycles. The SMILES string of the molecule is COc1ccc(OC)c(COC(=O)CCNS(=O)(=O)/C=C/c2ccccc2)c1. The van der Waals surface area contributed by atoms with Crippen LogP contribution in [-0.2, 0) is 26.2 Å². The van der Waals surface area contributed by atoms with Crippen molar-refractivity contribution in [2.24, 2.45) is 0 Å². The largest absolute Gasteiger partial charge is 0.497 e. The van der Waals surface area contributed by atoms with Crippen molar-refractivity contribution in [1.82, 2.24) is 4.72 Å². The van der Waals surface area contributed by atoms with Crippen molar-refractivity contribution in [3.63, 3.8) is 0 Å². The number of ether oxygens (including phenoxy) is 3. The van der Waals surface area contributed by atoms with Crippen molar-refractivity contribution in [3.8, 4) is 11.5 Å². The number of esters is 1. The van der Waals surface area contributed by atoms with Crippen LogP contribution in [-0.4, -0.2) is 35.2 Å². The number of rotatable bonds is 10. The van der Waals surface area contributed by atoms with Crippen LogP contribution >= 0.6 is 0 Å². The quantitative estimate of drug-likeness (QED) is 0.611. The number of benzene rings is 2. The maximum Gasteiger partial charge on any atom is 0.307 e. The molecule has 2 aromatic rings. The predicted octanol–water partition coefficient (Wildman–Crippen LogP) is 2.73. The van der Waals surface area contributed by atoms with Crippen LogP contribution in [0.3, 0.4) is 0 Å². The third-order valence-corrected chi connectivity index (χ3v) is 4.85. The van der Waals surface area contributed by atoms with Crippen LogP contribution in [0.4, 0.5) is 0 Å². The van der Waals surface area contributed by atoms with E-state index in [-0.39, 0.29) is 19.6 Å². The zero-order valence-electron chi connectivity index (χ0n) is 15.8. The molecule has 0 unspecified atom stereocenters. The third kappa shape index (κ3) is 7.05. The molecule has 0 atom stereocenters. The molecule has 0 radical (unpaired) electrons. The van der Waals surface area contributed by atoms with Gasteiger partial charge in [-0.3, -0.25) is 4.79 Å². The fourth-order valence-corrected chi connectivity index (χ4v) is 3.12. The molecular formula is C20H23NO6S. The van der Waals surface area contributed by atoms with Gasteiger partial charge >= 0.3 is 5.97 Å². The Balaban J connectivity index is 1.80. The van der Waals surface area contributed by atoms with Crippen molar-refractivity contribution in [1.29, 1.82) is 0 Å². The van der Waals surface area contributed by atoms with E-state index in [1.54, 1.807) is 30.3 Å². The molecule has 0 aromatic heterocycles. The standard InChI is InChI=1S/C20H23NO6S/c1-25-18-8-9-19(26-2)17(14-18)15-27-20(22)10-12-21-28(23,24)13-11-16-6-4-3-5-7-16/h3-9,11,13-14,21H,10,12,15H2,1-2H3/b13-11+. The van der Waals surface area contributed by atoms with Gasteiger partial charge in [-0.25, -0.2) is 13.1 Å². The number of sulfonamides is 1. The summed E-state index contributed by atoms with van der Waals surface area (Å²) < 4.78 is 41.8. The van der Waals surface area contributed by atoms with Crippen molar-refractivity contribution in [2.75, 3.05) is 20.8 Å². The zero-order chi connectivity index (χ0) is 20.4. The average molecular weight is 405 g/mol. The molecule has 0 amide bonds. The second-order valence-electron chi connectivity index (χ2n) is 5.74. The molecule has 150 valence electrons. The number of carbonyl (C=O) groups is 1. The van der Waals surface area contributed by atoms with Gasteiger partial charge in [-0.15, -0.1) is 0 Å². The predicted molar refractivity (Wildman–Crippen MR) is 106 cm³/mol. The van der Waals surface area contributed by atoms with Gasteiger partial charge in [-0.1, -0.05) is 30.3 Å². The molecule has 0 aliphatic heterocycles. The van der Waals surface area contributed by atoms with Gasteiger partial charge in [-0.05, 0) is 29.8 Å². The van der Waals surface area contributed by atoms with Crippen LogP contribution in [0.25, 0.3) is 6.08 Å². The summed E-state index contributed by atoms with van der Waals surface area (Å²) in [6.45, 7) is -0.0601. The number of nitrogens with one attached hydrogen (secondary N) is 1. The number of methoxy groups -OCH3 is 2. The summed E-state index contributed by atoms with van der Waals surface area (Å²) in [6.07, 6.45) is 1.39. The summed E-state index contributed by atoms with van der Waals surface area (Å²) in [4.78, 5) is 11.9. The Kier molecular flexibility index (Phi) is 8.03. The van der Waals surface area contributed by atoms with Crippen molar-refractivity contribution >= 4 is 22.1 Å². The minimum atomic E-state index is -3.64. The summed E-state index contributed by atoms with van der Waals surface area (Å²) >= 11 is 0. The molecule has 28 heavy (non-hydrogen) atoms. The highest BCUT2D eigenvalue weighted by Gasteiger charge is 2.11. The Hall–Kier alpha value is -2.84. The highest BCUT2D eigenvalue weighted by Crippen LogP contribution is 2.24. The van der Waals surface area contributed by atoms with Crippen LogP contribution in [0.15, 0.2) is 53.9 Å². The van der Waals surface area contributed by atoms with Crippen molar-refractivity contribution in [3.05, 3.63) is 65.1 Å². The fourth-order valence-electron chi connectivity index (χ4n) is 2.30. The van der Waals surface area contributed by atoms with Crippen LogP contribution in [0.5, 0.6) is 11.5 Å². The molecule has 1 N–H and O–H groups in total. The summed E-state index contributed by atoms with van der Waals surface area (Å²) in [5, 5.41) is 1.06. The lowest BCUT2D eigenvalue weighted by molar-refractivity contribution is -0.144. The van der Waals surface area contributed by atoms with Gasteiger partial charge in [0.25, 0.3) is 0 Å². The maximum atomic E-state index is 11.9. The highest BCUT2D eigenvalue weighted by molar-refractivity contribution is 7.92. The second kappa shape index (κ2) is 10.5. The van der Waals surface area contributed by atoms with Gasteiger partial charge < -0.3 is 14.2 Å². The topological polar surface area (TPSA) is 90.9 Å². The van der Waals surface area contributed by atoms with Crippen LogP contribution in [0, 0.1) is 0 Å². The summed E-state index contributed by atoms with van der Waals surface area (Å²) in [5.41, 5.74) is 1.42. The summed E-state index contributed by atoms with van der Waals surface area (Å²) in [5.74, 6) is 0.657. The molecule has 0 aliphatic rings. The molecule has 0 aliphatic carbocycles. The maximum absolute atomic E-state index is 11.9. The molecule has 8 heteroatoms. The number of carbonyl (C=O) groups excluding carboxylic acids is 1. The van der Waals surface area contributed by atoms with E-state index < -0.39 is 16.0 Å². The first kappa shape index (κ1) is 21.5. The van der Waals surface area contributed by atoms with Crippen molar-refractivity contribution < 1.29 is 27.4 Å². The monoisotopic (exact) mass is 405 g/mol. The smallest absolute Gasteiger partial charge is 0.307 e.